The van der Waals surface area contributed by atoms with Crippen molar-refractivity contribution in [1.82, 2.24) is 34.4 Å². The normalized spacial score (nSPS) is 13.8. The van der Waals surface area contributed by atoms with Gasteiger partial charge in [-0.15, -0.1) is 10.2 Å². The topological polar surface area (TPSA) is 81.7 Å². The van der Waals surface area contributed by atoms with Crippen molar-refractivity contribution < 1.29 is 4.79 Å². The first kappa shape index (κ1) is 18.5. The van der Waals surface area contributed by atoms with Gasteiger partial charge in [-0.3, -0.25) is 9.48 Å². The van der Waals surface area contributed by atoms with Gasteiger partial charge >= 0.3 is 0 Å². The molecule has 0 saturated carbocycles. The van der Waals surface area contributed by atoms with Crippen molar-refractivity contribution in [3.8, 4) is 11.5 Å². The van der Waals surface area contributed by atoms with E-state index in [9.17, 15) is 4.79 Å². The number of carbonyl (C=O) groups excluding carboxylic acids is 1. The molecule has 1 aromatic carbocycles. The third-order valence-corrected chi connectivity index (χ3v) is 5.69. The Morgan fingerprint density at radius 2 is 1.97 bits per heavy atom. The van der Waals surface area contributed by atoms with Gasteiger partial charge in [-0.1, -0.05) is 24.3 Å². The first-order valence-electron chi connectivity index (χ1n) is 10.1. The molecule has 0 spiro atoms. The number of benzene rings is 1. The zero-order valence-electron chi connectivity index (χ0n) is 17.3. The van der Waals surface area contributed by atoms with Crippen molar-refractivity contribution in [1.29, 1.82) is 0 Å². The van der Waals surface area contributed by atoms with Crippen LogP contribution in [0.2, 0.25) is 0 Å². The van der Waals surface area contributed by atoms with Crippen molar-refractivity contribution >= 4 is 16.8 Å². The molecule has 5 rings (SSSR count). The minimum absolute atomic E-state index is 0.0634. The Balaban J connectivity index is 1.49. The van der Waals surface area contributed by atoms with E-state index in [1.54, 1.807) is 12.4 Å². The highest BCUT2D eigenvalue weighted by Crippen LogP contribution is 2.30. The zero-order chi connectivity index (χ0) is 20.8. The molecule has 30 heavy (non-hydrogen) atoms. The van der Waals surface area contributed by atoms with Crippen LogP contribution >= 0.6 is 0 Å². The Labute approximate surface area is 174 Å². The van der Waals surface area contributed by atoms with Crippen molar-refractivity contribution in [3.05, 3.63) is 59.7 Å². The van der Waals surface area contributed by atoms with Crippen LogP contribution in [0.15, 0.2) is 42.7 Å². The third-order valence-electron chi connectivity index (χ3n) is 5.69. The van der Waals surface area contributed by atoms with Crippen LogP contribution in [0.4, 0.5) is 0 Å². The number of hydrogen-bond acceptors (Lipinski definition) is 5. The number of aromatic nitrogens is 6. The van der Waals surface area contributed by atoms with Gasteiger partial charge in [0.15, 0.2) is 5.82 Å². The van der Waals surface area contributed by atoms with Crippen LogP contribution < -0.4 is 0 Å². The van der Waals surface area contributed by atoms with Gasteiger partial charge in [0.1, 0.15) is 17.7 Å². The van der Waals surface area contributed by atoms with E-state index in [0.29, 0.717) is 18.8 Å². The van der Waals surface area contributed by atoms with Gasteiger partial charge in [-0.2, -0.15) is 5.10 Å². The van der Waals surface area contributed by atoms with Crippen LogP contribution in [-0.2, 0) is 20.0 Å². The second-order valence-electron chi connectivity index (χ2n) is 7.92. The number of carbonyl (C=O) groups is 1. The summed E-state index contributed by atoms with van der Waals surface area (Å²) < 4.78 is 3.91. The molecule has 0 N–H and O–H groups in total. The molecule has 8 nitrogen and oxygen atoms in total. The van der Waals surface area contributed by atoms with Gasteiger partial charge < -0.3 is 9.47 Å². The second kappa shape index (κ2) is 7.05. The molecule has 1 aliphatic heterocycles. The molecule has 0 radical (unpaired) electrons. The van der Waals surface area contributed by atoms with Gasteiger partial charge in [0, 0.05) is 42.7 Å². The molecule has 0 unspecified atom stereocenters. The molecule has 8 heteroatoms. The summed E-state index contributed by atoms with van der Waals surface area (Å²) in [6.45, 7) is 5.29. The predicted molar refractivity (Wildman–Crippen MR) is 113 cm³/mol. The lowest BCUT2D eigenvalue weighted by Crippen LogP contribution is -2.36. The predicted octanol–water partition coefficient (Wildman–Crippen LogP) is 3.01. The highest BCUT2D eigenvalue weighted by Gasteiger charge is 2.30. The van der Waals surface area contributed by atoms with Crippen LogP contribution in [0.25, 0.3) is 22.4 Å². The summed E-state index contributed by atoms with van der Waals surface area (Å²) in [5.74, 6) is 0.673. The number of aryl methyl sites for hydroxylation is 1. The SMILES string of the molecule is CC(C)n1cnnc1-c1nn(C)c2c1CN(C(=O)c1ccc3ccccc3n1)CC2. The van der Waals surface area contributed by atoms with E-state index in [1.807, 2.05) is 51.5 Å². The first-order chi connectivity index (χ1) is 14.5. The van der Waals surface area contributed by atoms with Crippen LogP contribution in [0.1, 0.15) is 41.6 Å². The molecule has 0 atom stereocenters. The van der Waals surface area contributed by atoms with Crippen molar-refractivity contribution in [2.75, 3.05) is 6.54 Å². The summed E-state index contributed by atoms with van der Waals surface area (Å²) >= 11 is 0. The van der Waals surface area contributed by atoms with E-state index in [1.165, 1.54) is 0 Å². The standard InChI is InChI=1S/C22H23N7O/c1-14(2)29-13-23-25-21(29)20-16-12-28(11-10-19(16)27(3)26-20)22(30)18-9-8-15-6-4-5-7-17(15)24-18/h4-9,13-14H,10-12H2,1-3H3. The largest absolute Gasteiger partial charge is 0.332 e. The van der Waals surface area contributed by atoms with Crippen LogP contribution in [0.3, 0.4) is 0 Å². The minimum atomic E-state index is -0.0634. The lowest BCUT2D eigenvalue weighted by molar-refractivity contribution is 0.0728. The van der Waals surface area contributed by atoms with Gasteiger partial charge in [-0.05, 0) is 26.0 Å². The summed E-state index contributed by atoms with van der Waals surface area (Å²) in [5.41, 5.74) is 4.26. The Bertz CT molecular complexity index is 1250. The van der Waals surface area contributed by atoms with Crippen LogP contribution in [0, 0.1) is 0 Å². The summed E-state index contributed by atoms with van der Waals surface area (Å²) in [6, 6.07) is 11.8. The molecule has 1 aliphatic rings. The second-order valence-corrected chi connectivity index (χ2v) is 7.92. The van der Waals surface area contributed by atoms with E-state index in [4.69, 9.17) is 5.10 Å². The van der Waals surface area contributed by atoms with Gasteiger partial charge in [-0.25, -0.2) is 4.98 Å². The number of pyridine rings is 1. The van der Waals surface area contributed by atoms with E-state index in [-0.39, 0.29) is 11.9 Å². The van der Waals surface area contributed by atoms with E-state index < -0.39 is 0 Å². The highest BCUT2D eigenvalue weighted by atomic mass is 16.2. The lowest BCUT2D eigenvalue weighted by Gasteiger charge is -2.27. The van der Waals surface area contributed by atoms with E-state index >= 15 is 0 Å². The quantitative estimate of drug-likeness (QED) is 0.527. The fourth-order valence-corrected chi connectivity index (χ4v) is 4.08. The summed E-state index contributed by atoms with van der Waals surface area (Å²) in [5, 5.41) is 14.1. The number of amides is 1. The molecule has 0 aliphatic carbocycles. The van der Waals surface area contributed by atoms with E-state index in [2.05, 4.69) is 29.0 Å². The Morgan fingerprint density at radius 1 is 1.13 bits per heavy atom. The molecule has 3 aromatic heterocycles. The summed E-state index contributed by atoms with van der Waals surface area (Å²) in [6.07, 6.45) is 2.47. The Hall–Kier alpha value is -3.55. The monoisotopic (exact) mass is 401 g/mol. The maximum atomic E-state index is 13.2. The van der Waals surface area contributed by atoms with Crippen molar-refractivity contribution in [2.24, 2.45) is 7.05 Å². The lowest BCUT2D eigenvalue weighted by atomic mass is 10.0. The van der Waals surface area contributed by atoms with Crippen LogP contribution in [-0.4, -0.2) is 46.9 Å². The summed E-state index contributed by atoms with van der Waals surface area (Å²) in [4.78, 5) is 19.7. The number of para-hydroxylation sites is 1. The van der Waals surface area contributed by atoms with Crippen molar-refractivity contribution in [2.45, 2.75) is 32.9 Å². The van der Waals surface area contributed by atoms with E-state index in [0.717, 1.165) is 40.1 Å². The fourth-order valence-electron chi connectivity index (χ4n) is 4.08. The maximum Gasteiger partial charge on any atom is 0.272 e. The molecule has 0 bridgehead atoms. The number of rotatable bonds is 3. The van der Waals surface area contributed by atoms with Gasteiger partial charge in [0.05, 0.1) is 12.1 Å². The van der Waals surface area contributed by atoms with Crippen LogP contribution in [0.5, 0.6) is 0 Å². The molecule has 4 aromatic rings. The smallest absolute Gasteiger partial charge is 0.272 e. The molecule has 4 heterocycles. The number of nitrogens with zero attached hydrogens (tertiary/aromatic N) is 7. The summed E-state index contributed by atoms with van der Waals surface area (Å²) in [7, 11) is 1.95. The fraction of sp³-hybridized carbons (Fsp3) is 0.318. The molecular weight excluding hydrogens is 378 g/mol. The third kappa shape index (κ3) is 2.96. The Kier molecular flexibility index (Phi) is 4.34. The molecule has 152 valence electrons. The average Bonchev–Trinajstić information content (AvgIpc) is 3.37. The van der Waals surface area contributed by atoms with Gasteiger partial charge in [0.25, 0.3) is 5.91 Å². The molecule has 0 saturated heterocycles. The zero-order valence-corrected chi connectivity index (χ0v) is 17.3. The van der Waals surface area contributed by atoms with Gasteiger partial charge in [0.2, 0.25) is 0 Å². The molecular formula is C22H23N7O. The highest BCUT2D eigenvalue weighted by molar-refractivity contribution is 5.95. The number of hydrogen-bond donors (Lipinski definition) is 0. The van der Waals surface area contributed by atoms with Crippen molar-refractivity contribution in [3.63, 3.8) is 0 Å². The molecule has 1 amide bonds. The Morgan fingerprint density at radius 3 is 2.80 bits per heavy atom. The first-order valence-corrected chi connectivity index (χ1v) is 10.1. The molecule has 0 fully saturated rings. The average molecular weight is 401 g/mol. The number of fused-ring (bicyclic) bond motifs is 2. The maximum absolute atomic E-state index is 13.2. The minimum Gasteiger partial charge on any atom is -0.332 e.